The number of para-hydroxylation sites is 1. The van der Waals surface area contributed by atoms with E-state index in [0.29, 0.717) is 36.1 Å². The van der Waals surface area contributed by atoms with E-state index < -0.39 is 0 Å². The van der Waals surface area contributed by atoms with Crippen LogP contribution in [0.15, 0.2) is 60.9 Å². The van der Waals surface area contributed by atoms with Gasteiger partial charge in [-0.25, -0.2) is 9.97 Å². The summed E-state index contributed by atoms with van der Waals surface area (Å²) in [5, 5.41) is 10.2. The lowest BCUT2D eigenvalue weighted by molar-refractivity contribution is 0.0735. The number of hydrogen-bond acceptors (Lipinski definition) is 7. The van der Waals surface area contributed by atoms with Gasteiger partial charge in [0.05, 0.1) is 5.56 Å². The highest BCUT2D eigenvalue weighted by Crippen LogP contribution is 2.35. The predicted octanol–water partition coefficient (Wildman–Crippen LogP) is 3.98. The van der Waals surface area contributed by atoms with Gasteiger partial charge in [-0.3, -0.25) is 9.59 Å². The Labute approximate surface area is 220 Å². The van der Waals surface area contributed by atoms with Gasteiger partial charge in [-0.05, 0) is 43.2 Å². The maximum absolute atomic E-state index is 13.3. The molecular formula is C28H30N8O2. The number of pyridine rings is 1. The van der Waals surface area contributed by atoms with Gasteiger partial charge in [0.15, 0.2) is 0 Å². The lowest BCUT2D eigenvalue weighted by Gasteiger charge is -2.27. The zero-order valence-electron chi connectivity index (χ0n) is 21.1. The minimum absolute atomic E-state index is 0.0149. The zero-order chi connectivity index (χ0) is 25.9. The third-order valence-corrected chi connectivity index (χ3v) is 7.18. The quantitative estimate of drug-likeness (QED) is 0.359. The summed E-state index contributed by atoms with van der Waals surface area (Å²) in [6.07, 6.45) is 7.58. The molecule has 10 heteroatoms. The maximum Gasteiger partial charge on any atom is 0.272 e. The summed E-state index contributed by atoms with van der Waals surface area (Å²) in [6.45, 7) is 2.99. The molecule has 194 valence electrons. The van der Waals surface area contributed by atoms with Crippen LogP contribution in [-0.2, 0) is 0 Å². The molecule has 4 heterocycles. The maximum atomic E-state index is 13.3. The average molecular weight is 511 g/mol. The first-order valence-electron chi connectivity index (χ1n) is 13.1. The van der Waals surface area contributed by atoms with Crippen LogP contribution in [-0.4, -0.2) is 62.4 Å². The first-order chi connectivity index (χ1) is 18.7. The molecule has 1 aromatic carbocycles. The van der Waals surface area contributed by atoms with Crippen molar-refractivity contribution in [1.82, 2.24) is 29.7 Å². The van der Waals surface area contributed by atoms with Gasteiger partial charge in [0.25, 0.3) is 11.8 Å². The van der Waals surface area contributed by atoms with E-state index in [-0.39, 0.29) is 17.9 Å². The Morgan fingerprint density at radius 1 is 0.947 bits per heavy atom. The van der Waals surface area contributed by atoms with Crippen molar-refractivity contribution in [2.75, 3.05) is 36.8 Å². The fourth-order valence-electron chi connectivity index (χ4n) is 5.25. The van der Waals surface area contributed by atoms with Gasteiger partial charge in [-0.1, -0.05) is 31.0 Å². The monoisotopic (exact) mass is 510 g/mol. The van der Waals surface area contributed by atoms with Gasteiger partial charge in [-0.2, -0.15) is 4.98 Å². The number of piperazine rings is 1. The average Bonchev–Trinajstić information content (AvgIpc) is 3.62. The molecule has 2 fully saturated rings. The highest BCUT2D eigenvalue weighted by Gasteiger charge is 2.26. The largest absolute Gasteiger partial charge is 0.336 e. The molecule has 1 aliphatic carbocycles. The Kier molecular flexibility index (Phi) is 6.70. The molecule has 1 saturated heterocycles. The zero-order valence-corrected chi connectivity index (χ0v) is 21.1. The van der Waals surface area contributed by atoms with Crippen LogP contribution in [0.4, 0.5) is 17.5 Å². The number of nitrogens with one attached hydrogen (secondary N) is 3. The summed E-state index contributed by atoms with van der Waals surface area (Å²) in [5.74, 6) is 0.752. The van der Waals surface area contributed by atoms with Crippen molar-refractivity contribution in [3.8, 4) is 0 Å². The van der Waals surface area contributed by atoms with Crippen LogP contribution in [0.25, 0.3) is 11.0 Å². The molecule has 0 unspecified atom stereocenters. The van der Waals surface area contributed by atoms with Gasteiger partial charge in [0.2, 0.25) is 5.95 Å². The summed E-state index contributed by atoms with van der Waals surface area (Å²) in [4.78, 5) is 41.5. The summed E-state index contributed by atoms with van der Waals surface area (Å²) in [5.41, 5.74) is 2.60. The fourth-order valence-corrected chi connectivity index (χ4v) is 5.25. The van der Waals surface area contributed by atoms with E-state index in [1.54, 1.807) is 24.5 Å². The number of fused-ring (bicyclic) bond motifs is 1. The normalized spacial score (nSPS) is 16.1. The SMILES string of the molecule is O=C(Nc1ccccc1)c1cc2cnc(Nc3ccc(C(=O)N4CCNCC4)cn3)nc2n1C1CCCC1. The Morgan fingerprint density at radius 3 is 2.47 bits per heavy atom. The van der Waals surface area contributed by atoms with E-state index in [4.69, 9.17) is 4.98 Å². The van der Waals surface area contributed by atoms with E-state index in [9.17, 15) is 9.59 Å². The molecule has 0 atom stereocenters. The molecule has 1 saturated carbocycles. The Balaban J connectivity index is 1.26. The highest BCUT2D eigenvalue weighted by molar-refractivity contribution is 6.06. The van der Waals surface area contributed by atoms with Crippen molar-refractivity contribution in [2.24, 2.45) is 0 Å². The summed E-state index contributed by atoms with van der Waals surface area (Å²) >= 11 is 0. The molecule has 1 aliphatic heterocycles. The summed E-state index contributed by atoms with van der Waals surface area (Å²) in [7, 11) is 0. The molecular weight excluding hydrogens is 480 g/mol. The second-order valence-electron chi connectivity index (χ2n) is 9.73. The molecule has 3 N–H and O–H groups in total. The summed E-state index contributed by atoms with van der Waals surface area (Å²) < 4.78 is 2.07. The Hall–Kier alpha value is -4.31. The number of hydrogen-bond donors (Lipinski definition) is 3. The van der Waals surface area contributed by atoms with Gasteiger partial charge in [0, 0.05) is 55.7 Å². The second-order valence-corrected chi connectivity index (χ2v) is 9.73. The van der Waals surface area contributed by atoms with Crippen LogP contribution < -0.4 is 16.0 Å². The van der Waals surface area contributed by atoms with E-state index >= 15 is 0 Å². The number of carbonyl (C=O) groups is 2. The van der Waals surface area contributed by atoms with E-state index in [0.717, 1.165) is 55.5 Å². The molecule has 10 nitrogen and oxygen atoms in total. The minimum atomic E-state index is -0.165. The lowest BCUT2D eigenvalue weighted by Crippen LogP contribution is -2.46. The van der Waals surface area contributed by atoms with Crippen LogP contribution in [0.2, 0.25) is 0 Å². The Morgan fingerprint density at radius 2 is 1.74 bits per heavy atom. The van der Waals surface area contributed by atoms with Crippen LogP contribution >= 0.6 is 0 Å². The molecule has 0 bridgehead atoms. The van der Waals surface area contributed by atoms with Gasteiger partial charge < -0.3 is 25.4 Å². The van der Waals surface area contributed by atoms with Crippen molar-refractivity contribution in [2.45, 2.75) is 31.7 Å². The number of carbonyl (C=O) groups excluding carboxylic acids is 2. The standard InChI is InChI=1S/C28H30N8O2/c37-26(32-21-6-2-1-3-7-21)23-16-20-18-31-28(34-25(20)36(23)22-8-4-5-9-22)33-24-11-10-19(17-30-24)27(38)35-14-12-29-13-15-35/h1-3,6-7,10-11,16-18,22,29H,4-5,8-9,12-15H2,(H,32,37)(H,30,31,33,34). The topological polar surface area (TPSA) is 117 Å². The fraction of sp³-hybridized carbons (Fsp3) is 0.321. The predicted molar refractivity (Wildman–Crippen MR) is 146 cm³/mol. The highest BCUT2D eigenvalue weighted by atomic mass is 16.2. The molecule has 2 aliphatic rings. The molecule has 4 aromatic rings. The lowest BCUT2D eigenvalue weighted by atomic mass is 10.2. The first kappa shape index (κ1) is 24.1. The molecule has 3 aromatic heterocycles. The third kappa shape index (κ3) is 4.95. The third-order valence-electron chi connectivity index (χ3n) is 7.18. The number of rotatable bonds is 6. The van der Waals surface area contributed by atoms with Crippen molar-refractivity contribution < 1.29 is 9.59 Å². The Bertz CT molecular complexity index is 1440. The van der Waals surface area contributed by atoms with E-state index in [2.05, 4.69) is 30.5 Å². The number of amides is 2. The smallest absolute Gasteiger partial charge is 0.272 e. The second kappa shape index (κ2) is 10.6. The van der Waals surface area contributed by atoms with Crippen LogP contribution in [0.5, 0.6) is 0 Å². The summed E-state index contributed by atoms with van der Waals surface area (Å²) in [6, 6.07) is 15.1. The van der Waals surface area contributed by atoms with Gasteiger partial charge in [-0.15, -0.1) is 0 Å². The number of anilines is 3. The van der Waals surface area contributed by atoms with Crippen molar-refractivity contribution in [3.63, 3.8) is 0 Å². The van der Waals surface area contributed by atoms with Gasteiger partial charge >= 0.3 is 0 Å². The van der Waals surface area contributed by atoms with Crippen molar-refractivity contribution >= 4 is 40.3 Å². The molecule has 0 spiro atoms. The van der Waals surface area contributed by atoms with E-state index in [1.165, 1.54) is 0 Å². The molecule has 6 rings (SSSR count). The number of aromatic nitrogens is 4. The molecule has 2 amide bonds. The minimum Gasteiger partial charge on any atom is -0.336 e. The first-order valence-corrected chi connectivity index (χ1v) is 13.1. The van der Waals surface area contributed by atoms with Crippen LogP contribution in [0.3, 0.4) is 0 Å². The molecule has 38 heavy (non-hydrogen) atoms. The van der Waals surface area contributed by atoms with Crippen LogP contribution in [0.1, 0.15) is 52.6 Å². The van der Waals surface area contributed by atoms with Gasteiger partial charge in [0.1, 0.15) is 17.2 Å². The number of benzene rings is 1. The number of nitrogens with zero attached hydrogens (tertiary/aromatic N) is 5. The van der Waals surface area contributed by atoms with Crippen molar-refractivity contribution in [3.05, 3.63) is 72.2 Å². The molecule has 0 radical (unpaired) electrons. The van der Waals surface area contributed by atoms with E-state index in [1.807, 2.05) is 41.3 Å². The van der Waals surface area contributed by atoms with Crippen LogP contribution in [0, 0.1) is 0 Å². The van der Waals surface area contributed by atoms with Crippen molar-refractivity contribution in [1.29, 1.82) is 0 Å².